The van der Waals surface area contributed by atoms with Gasteiger partial charge in [0, 0.05) is 13.6 Å². The lowest BCUT2D eigenvalue weighted by Crippen LogP contribution is -2.73. The molecule has 6 unspecified atom stereocenters. The number of esters is 1. The van der Waals surface area contributed by atoms with Crippen LogP contribution in [-0.2, 0) is 25.5 Å². The summed E-state index contributed by atoms with van der Waals surface area (Å²) in [6.07, 6.45) is -4.29. The number of nitrogens with two attached hydrogens (primary N) is 1. The molecule has 0 spiro atoms. The van der Waals surface area contributed by atoms with Gasteiger partial charge in [0.25, 0.3) is 0 Å². The number of rotatable bonds is 5. The van der Waals surface area contributed by atoms with Crippen LogP contribution in [0.25, 0.3) is 0 Å². The van der Waals surface area contributed by atoms with Crippen LogP contribution in [0.1, 0.15) is 15.9 Å². The summed E-state index contributed by atoms with van der Waals surface area (Å²) < 4.78 is 16.9. The zero-order valence-electron chi connectivity index (χ0n) is 17.7. The van der Waals surface area contributed by atoms with Gasteiger partial charge < -0.3 is 24.6 Å². The zero-order chi connectivity index (χ0) is 22.7. The normalized spacial score (nSPS) is 30.2. The van der Waals surface area contributed by atoms with E-state index in [4.69, 9.17) is 19.9 Å². The highest BCUT2D eigenvalue weighted by atomic mass is 16.7. The molecule has 2 aliphatic rings. The van der Waals surface area contributed by atoms with E-state index in [0.717, 1.165) is 5.56 Å². The number of hydrogen-bond donors (Lipinski definition) is 3. The zero-order valence-corrected chi connectivity index (χ0v) is 17.7. The van der Waals surface area contributed by atoms with Gasteiger partial charge in [0.15, 0.2) is 6.10 Å². The number of hydrogen-bond acceptors (Lipinski definition) is 8. The number of piperidine rings is 1. The molecule has 4 N–H and O–H groups in total. The molecule has 2 fully saturated rings. The standard InChI is InChI=1S/C23H27N3O6/c1-25-21(28)17-20(31-22(29)15-10-6-3-7-11-15)18(27)19-16(13-30-23(24)32-19)26(17)12-14-8-4-2-5-9-14/h2-11,16-20,23,27H,12-13,24H2,1H3,(H,25,28). The molecule has 2 aliphatic heterocycles. The maximum Gasteiger partial charge on any atom is 0.338 e. The van der Waals surface area contributed by atoms with Crippen LogP contribution < -0.4 is 11.1 Å². The fourth-order valence-electron chi connectivity index (χ4n) is 4.29. The lowest BCUT2D eigenvalue weighted by molar-refractivity contribution is -0.289. The molecule has 0 radical (unpaired) electrons. The van der Waals surface area contributed by atoms with E-state index in [-0.39, 0.29) is 12.5 Å². The highest BCUT2D eigenvalue weighted by molar-refractivity contribution is 5.90. The van der Waals surface area contributed by atoms with Crippen molar-refractivity contribution in [2.24, 2.45) is 5.73 Å². The second kappa shape index (κ2) is 9.76. The van der Waals surface area contributed by atoms with Crippen molar-refractivity contribution in [3.05, 3.63) is 71.8 Å². The molecule has 2 saturated heterocycles. The number of aliphatic hydroxyl groups excluding tert-OH is 1. The smallest absolute Gasteiger partial charge is 0.338 e. The predicted octanol–water partition coefficient (Wildman–Crippen LogP) is 0.230. The topological polar surface area (TPSA) is 123 Å². The first kappa shape index (κ1) is 22.4. The summed E-state index contributed by atoms with van der Waals surface area (Å²) in [5, 5.41) is 13.8. The van der Waals surface area contributed by atoms with Crippen molar-refractivity contribution in [1.29, 1.82) is 0 Å². The molecule has 2 aromatic carbocycles. The number of carbonyl (C=O) groups excluding carboxylic acids is 2. The molecule has 0 saturated carbocycles. The van der Waals surface area contributed by atoms with Gasteiger partial charge in [-0.1, -0.05) is 48.5 Å². The maximum atomic E-state index is 13.0. The number of amides is 1. The Labute approximate surface area is 186 Å². The van der Waals surface area contributed by atoms with Crippen LogP contribution in [0.4, 0.5) is 0 Å². The van der Waals surface area contributed by atoms with Crippen molar-refractivity contribution >= 4 is 11.9 Å². The summed E-state index contributed by atoms with van der Waals surface area (Å²) in [6, 6.07) is 16.5. The number of ether oxygens (including phenoxy) is 3. The Morgan fingerprint density at radius 1 is 1.16 bits per heavy atom. The maximum absolute atomic E-state index is 13.0. The lowest BCUT2D eigenvalue weighted by Gasteiger charge is -2.52. The quantitative estimate of drug-likeness (QED) is 0.564. The molecule has 9 nitrogen and oxygen atoms in total. The molecule has 1 amide bonds. The molecular formula is C23H27N3O6. The lowest BCUT2D eigenvalue weighted by atomic mass is 9.86. The van der Waals surface area contributed by atoms with Gasteiger partial charge in [0.1, 0.15) is 18.2 Å². The second-order valence-electron chi connectivity index (χ2n) is 7.81. The van der Waals surface area contributed by atoms with Crippen molar-refractivity contribution in [3.8, 4) is 0 Å². The Morgan fingerprint density at radius 3 is 2.47 bits per heavy atom. The monoisotopic (exact) mass is 441 g/mol. The van der Waals surface area contributed by atoms with E-state index in [1.165, 1.54) is 7.05 Å². The number of carbonyl (C=O) groups is 2. The number of fused-ring (bicyclic) bond motifs is 1. The number of likely N-dealkylation sites (N-methyl/N-ethyl adjacent to an activating group) is 1. The van der Waals surface area contributed by atoms with Crippen LogP contribution in [0.3, 0.4) is 0 Å². The summed E-state index contributed by atoms with van der Waals surface area (Å²) >= 11 is 0. The molecule has 6 atom stereocenters. The highest BCUT2D eigenvalue weighted by Gasteiger charge is 2.55. The minimum Gasteiger partial charge on any atom is -0.454 e. The Kier molecular flexibility index (Phi) is 6.83. The van der Waals surface area contributed by atoms with Gasteiger partial charge in [-0.3, -0.25) is 15.4 Å². The van der Waals surface area contributed by atoms with Crippen LogP contribution in [-0.4, -0.2) is 72.3 Å². The SMILES string of the molecule is CNC(=O)C1C(OC(=O)c2ccccc2)C(O)C2OC(N)OCC2N1Cc1ccccc1. The van der Waals surface area contributed by atoms with E-state index >= 15 is 0 Å². The minimum atomic E-state index is -1.28. The second-order valence-corrected chi connectivity index (χ2v) is 7.81. The number of nitrogens with zero attached hydrogens (tertiary/aromatic N) is 1. The molecule has 170 valence electrons. The molecule has 0 aliphatic carbocycles. The first-order valence-electron chi connectivity index (χ1n) is 10.5. The van der Waals surface area contributed by atoms with Crippen molar-refractivity contribution in [1.82, 2.24) is 10.2 Å². The predicted molar refractivity (Wildman–Crippen MR) is 114 cm³/mol. The first-order chi connectivity index (χ1) is 15.5. The van der Waals surface area contributed by atoms with Crippen LogP contribution in [0.15, 0.2) is 60.7 Å². The van der Waals surface area contributed by atoms with Crippen molar-refractivity contribution in [2.45, 2.75) is 43.4 Å². The van der Waals surface area contributed by atoms with Crippen molar-refractivity contribution in [2.75, 3.05) is 13.7 Å². The summed E-state index contributed by atoms with van der Waals surface area (Å²) in [6.45, 7) is 0.511. The fourth-order valence-corrected chi connectivity index (χ4v) is 4.29. The third-order valence-corrected chi connectivity index (χ3v) is 5.85. The molecule has 2 heterocycles. The minimum absolute atomic E-state index is 0.155. The summed E-state index contributed by atoms with van der Waals surface area (Å²) in [7, 11) is 1.50. The van der Waals surface area contributed by atoms with E-state index in [0.29, 0.717) is 12.1 Å². The van der Waals surface area contributed by atoms with Gasteiger partial charge in [-0.2, -0.15) is 0 Å². The summed E-state index contributed by atoms with van der Waals surface area (Å²) in [4.78, 5) is 27.7. The molecule has 9 heteroatoms. The van der Waals surface area contributed by atoms with Crippen molar-refractivity contribution < 1.29 is 28.9 Å². The van der Waals surface area contributed by atoms with Crippen LogP contribution >= 0.6 is 0 Å². The highest BCUT2D eigenvalue weighted by Crippen LogP contribution is 2.33. The van der Waals surface area contributed by atoms with E-state index in [1.54, 1.807) is 30.3 Å². The van der Waals surface area contributed by atoms with E-state index in [2.05, 4.69) is 5.32 Å². The third-order valence-electron chi connectivity index (χ3n) is 5.85. The number of likely N-dealkylation sites (tertiary alicyclic amines) is 1. The van der Waals surface area contributed by atoms with Crippen LogP contribution in [0, 0.1) is 0 Å². The molecule has 4 rings (SSSR count). The molecule has 32 heavy (non-hydrogen) atoms. The Hall–Kier alpha value is -2.82. The summed E-state index contributed by atoms with van der Waals surface area (Å²) in [5.74, 6) is -1.03. The molecular weight excluding hydrogens is 414 g/mol. The number of nitrogens with one attached hydrogen (secondary N) is 1. The molecule has 0 bridgehead atoms. The van der Waals surface area contributed by atoms with Crippen molar-refractivity contribution in [3.63, 3.8) is 0 Å². The Balaban J connectivity index is 1.70. The largest absolute Gasteiger partial charge is 0.454 e. The average molecular weight is 441 g/mol. The van der Waals surface area contributed by atoms with Gasteiger partial charge in [0.2, 0.25) is 12.3 Å². The van der Waals surface area contributed by atoms with Crippen LogP contribution in [0.2, 0.25) is 0 Å². The van der Waals surface area contributed by atoms with E-state index in [9.17, 15) is 14.7 Å². The Bertz CT molecular complexity index is 928. The first-order valence-corrected chi connectivity index (χ1v) is 10.5. The van der Waals surface area contributed by atoms with Crippen LogP contribution in [0.5, 0.6) is 0 Å². The number of benzene rings is 2. The fraction of sp³-hybridized carbons (Fsp3) is 0.391. The molecule has 2 aromatic rings. The summed E-state index contributed by atoms with van der Waals surface area (Å²) in [5.41, 5.74) is 7.06. The Morgan fingerprint density at radius 2 is 1.81 bits per heavy atom. The van der Waals surface area contributed by atoms with E-state index in [1.807, 2.05) is 35.2 Å². The number of aliphatic hydroxyl groups is 1. The van der Waals surface area contributed by atoms with Gasteiger partial charge in [0.05, 0.1) is 18.2 Å². The van der Waals surface area contributed by atoms with Gasteiger partial charge in [-0.15, -0.1) is 0 Å². The van der Waals surface area contributed by atoms with Gasteiger partial charge in [-0.05, 0) is 17.7 Å². The molecule has 0 aromatic heterocycles. The van der Waals surface area contributed by atoms with Gasteiger partial charge >= 0.3 is 5.97 Å². The average Bonchev–Trinajstić information content (AvgIpc) is 2.82. The van der Waals surface area contributed by atoms with E-state index < -0.39 is 42.8 Å². The van der Waals surface area contributed by atoms with Gasteiger partial charge in [-0.25, -0.2) is 4.79 Å². The third kappa shape index (κ3) is 4.52.